The van der Waals surface area contributed by atoms with Crippen molar-refractivity contribution in [1.29, 1.82) is 0 Å². The predicted molar refractivity (Wildman–Crippen MR) is 87.0 cm³/mol. The molecule has 0 saturated carbocycles. The molecule has 0 amide bonds. The molecule has 1 aliphatic heterocycles. The summed E-state index contributed by atoms with van der Waals surface area (Å²) < 4.78 is 4.73. The van der Waals surface area contributed by atoms with Crippen molar-refractivity contribution in [3.05, 3.63) is 0 Å². The fourth-order valence-electron chi connectivity index (χ4n) is 2.91. The lowest BCUT2D eigenvalue weighted by atomic mass is 10.0. The molecule has 1 rings (SSSR count). The third-order valence-electron chi connectivity index (χ3n) is 4.53. The van der Waals surface area contributed by atoms with E-state index in [9.17, 15) is 5.11 Å². The Bertz CT molecular complexity index is 245. The highest BCUT2D eigenvalue weighted by atomic mass is 16.8. The van der Waals surface area contributed by atoms with E-state index in [1.807, 2.05) is 0 Å². The van der Waals surface area contributed by atoms with E-state index in [1.54, 1.807) is 0 Å². The lowest BCUT2D eigenvalue weighted by Gasteiger charge is -2.04. The Morgan fingerprint density at radius 2 is 1.05 bits per heavy atom. The van der Waals surface area contributed by atoms with Crippen LogP contribution in [-0.4, -0.2) is 22.3 Å². The first kappa shape index (κ1) is 18.9. The first-order valence-electron chi connectivity index (χ1n) is 9.27. The van der Waals surface area contributed by atoms with Gasteiger partial charge in [-0.2, -0.15) is 0 Å². The van der Waals surface area contributed by atoms with Crippen LogP contribution in [0.1, 0.15) is 103 Å². The number of hydrogen-bond acceptors (Lipinski definition) is 3. The topological polar surface area (TPSA) is 53.0 Å². The van der Waals surface area contributed by atoms with Crippen LogP contribution in [0.5, 0.6) is 0 Å². The summed E-state index contributed by atoms with van der Waals surface area (Å²) in [7, 11) is 0. The molecule has 0 aromatic heterocycles. The van der Waals surface area contributed by atoms with Crippen LogP contribution in [-0.2, 0) is 4.74 Å². The smallest absolute Gasteiger partial charge is 0.220 e. The Hall–Kier alpha value is -0.120. The SMILES string of the molecule is CCCCCCCCCCCCCCCCC1(O)OC1O. The molecule has 1 fully saturated rings. The molecule has 1 saturated heterocycles. The van der Waals surface area contributed by atoms with Crippen LogP contribution >= 0.6 is 0 Å². The summed E-state index contributed by atoms with van der Waals surface area (Å²) in [4.78, 5) is 0. The number of hydrogen-bond donors (Lipinski definition) is 2. The van der Waals surface area contributed by atoms with Crippen LogP contribution in [0.3, 0.4) is 0 Å². The van der Waals surface area contributed by atoms with Gasteiger partial charge in [-0.3, -0.25) is 0 Å². The van der Waals surface area contributed by atoms with Crippen molar-refractivity contribution < 1.29 is 14.9 Å². The summed E-state index contributed by atoms with van der Waals surface area (Å²) in [5.41, 5.74) is 0. The van der Waals surface area contributed by atoms with Gasteiger partial charge in [-0.1, -0.05) is 90.4 Å². The van der Waals surface area contributed by atoms with Crippen molar-refractivity contribution >= 4 is 0 Å². The van der Waals surface area contributed by atoms with Gasteiger partial charge in [0.2, 0.25) is 12.1 Å². The van der Waals surface area contributed by atoms with E-state index in [0.717, 1.165) is 12.8 Å². The highest BCUT2D eigenvalue weighted by Crippen LogP contribution is 2.36. The van der Waals surface area contributed by atoms with Crippen LogP contribution in [0.15, 0.2) is 0 Å². The molecule has 0 aromatic carbocycles. The quantitative estimate of drug-likeness (QED) is 0.334. The summed E-state index contributed by atoms with van der Waals surface area (Å²) in [6, 6.07) is 0. The largest absolute Gasteiger partial charge is 0.364 e. The number of ether oxygens (including phenoxy) is 1. The van der Waals surface area contributed by atoms with Crippen molar-refractivity contribution in [1.82, 2.24) is 0 Å². The fraction of sp³-hybridized carbons (Fsp3) is 1.00. The van der Waals surface area contributed by atoms with E-state index < -0.39 is 12.1 Å². The van der Waals surface area contributed by atoms with Gasteiger partial charge in [0, 0.05) is 6.42 Å². The van der Waals surface area contributed by atoms with Gasteiger partial charge in [0.15, 0.2) is 0 Å². The minimum Gasteiger partial charge on any atom is -0.364 e. The van der Waals surface area contributed by atoms with Gasteiger partial charge < -0.3 is 14.9 Å². The average molecular weight is 300 g/mol. The molecule has 21 heavy (non-hydrogen) atoms. The number of epoxide rings is 1. The van der Waals surface area contributed by atoms with Crippen molar-refractivity contribution in [2.45, 2.75) is 115 Å². The first-order chi connectivity index (χ1) is 10.2. The zero-order chi connectivity index (χ0) is 15.4. The second-order valence-electron chi connectivity index (χ2n) is 6.66. The van der Waals surface area contributed by atoms with Gasteiger partial charge in [0.1, 0.15) is 0 Å². The molecule has 1 aliphatic rings. The van der Waals surface area contributed by atoms with Gasteiger partial charge in [-0.25, -0.2) is 0 Å². The normalized spacial score (nSPS) is 24.4. The molecule has 2 atom stereocenters. The third-order valence-corrected chi connectivity index (χ3v) is 4.53. The molecule has 0 spiro atoms. The lowest BCUT2D eigenvalue weighted by Crippen LogP contribution is -2.13. The van der Waals surface area contributed by atoms with E-state index in [0.29, 0.717) is 6.42 Å². The Morgan fingerprint density at radius 3 is 1.38 bits per heavy atom. The predicted octanol–water partition coefficient (Wildman–Crippen LogP) is 4.90. The minimum atomic E-state index is -1.20. The Morgan fingerprint density at radius 1 is 0.714 bits per heavy atom. The molecule has 3 nitrogen and oxygen atoms in total. The highest BCUT2D eigenvalue weighted by Gasteiger charge is 2.53. The van der Waals surface area contributed by atoms with Gasteiger partial charge in [-0.15, -0.1) is 0 Å². The second-order valence-corrected chi connectivity index (χ2v) is 6.66. The van der Waals surface area contributed by atoms with E-state index in [-0.39, 0.29) is 0 Å². The first-order valence-corrected chi connectivity index (χ1v) is 9.27. The number of aliphatic hydroxyl groups excluding tert-OH is 1. The minimum absolute atomic E-state index is 0.576. The second kappa shape index (κ2) is 11.4. The van der Waals surface area contributed by atoms with Gasteiger partial charge in [0.25, 0.3) is 0 Å². The third kappa shape index (κ3) is 9.49. The van der Waals surface area contributed by atoms with Crippen molar-refractivity contribution in [2.24, 2.45) is 0 Å². The Balaban J connectivity index is 1.67. The van der Waals surface area contributed by atoms with Crippen LogP contribution < -0.4 is 0 Å². The summed E-state index contributed by atoms with van der Waals surface area (Å²) in [5, 5.41) is 18.5. The average Bonchev–Trinajstić information content (AvgIpc) is 3.06. The van der Waals surface area contributed by atoms with Crippen LogP contribution in [0, 0.1) is 0 Å². The summed E-state index contributed by atoms with van der Waals surface area (Å²) >= 11 is 0. The molecular formula is C18H36O3. The number of unbranched alkanes of at least 4 members (excludes halogenated alkanes) is 13. The molecule has 0 aliphatic carbocycles. The van der Waals surface area contributed by atoms with Crippen LogP contribution in [0.2, 0.25) is 0 Å². The molecule has 0 radical (unpaired) electrons. The van der Waals surface area contributed by atoms with Crippen molar-refractivity contribution in [2.75, 3.05) is 0 Å². The molecule has 0 aromatic rings. The zero-order valence-electron chi connectivity index (χ0n) is 14.0. The van der Waals surface area contributed by atoms with E-state index in [1.165, 1.54) is 77.0 Å². The molecule has 3 heteroatoms. The van der Waals surface area contributed by atoms with Gasteiger partial charge in [-0.05, 0) is 6.42 Å². The summed E-state index contributed by atoms with van der Waals surface area (Å²) in [6.45, 7) is 2.27. The van der Waals surface area contributed by atoms with Gasteiger partial charge in [0.05, 0.1) is 0 Å². The highest BCUT2D eigenvalue weighted by molar-refractivity contribution is 4.83. The van der Waals surface area contributed by atoms with E-state index in [4.69, 9.17) is 9.84 Å². The molecule has 1 heterocycles. The Kier molecular flexibility index (Phi) is 10.3. The maximum Gasteiger partial charge on any atom is 0.220 e. The maximum atomic E-state index is 9.52. The molecule has 2 N–H and O–H groups in total. The molecule has 2 unspecified atom stereocenters. The monoisotopic (exact) mass is 300 g/mol. The van der Waals surface area contributed by atoms with Crippen LogP contribution in [0.25, 0.3) is 0 Å². The molecular weight excluding hydrogens is 264 g/mol. The van der Waals surface area contributed by atoms with Gasteiger partial charge >= 0.3 is 0 Å². The number of rotatable bonds is 15. The fourth-order valence-corrected chi connectivity index (χ4v) is 2.91. The van der Waals surface area contributed by atoms with E-state index in [2.05, 4.69) is 6.92 Å². The van der Waals surface area contributed by atoms with E-state index >= 15 is 0 Å². The number of aliphatic hydroxyl groups is 2. The molecule has 0 bridgehead atoms. The molecule has 126 valence electrons. The maximum absolute atomic E-state index is 9.52. The van der Waals surface area contributed by atoms with Crippen molar-refractivity contribution in [3.63, 3.8) is 0 Å². The Labute approximate surface area is 131 Å². The summed E-state index contributed by atoms with van der Waals surface area (Å²) in [6.07, 6.45) is 18.2. The van der Waals surface area contributed by atoms with Crippen molar-refractivity contribution in [3.8, 4) is 0 Å². The van der Waals surface area contributed by atoms with Crippen LogP contribution in [0.4, 0.5) is 0 Å². The standard InChI is InChI=1S/C18H36O3/c1-2-3-4-5-6-7-8-9-10-11-12-13-14-15-16-18(20)17(19)21-18/h17,19-20H,2-16H2,1H3. The zero-order valence-corrected chi connectivity index (χ0v) is 14.0. The summed E-state index contributed by atoms with van der Waals surface area (Å²) in [5.74, 6) is -1.20. The lowest BCUT2D eigenvalue weighted by molar-refractivity contribution is 0.0252.